The zero-order chi connectivity index (χ0) is 27.2. The number of ether oxygens (including phenoxy) is 2. The molecule has 1 saturated heterocycles. The molecule has 3 aromatic rings. The lowest BCUT2D eigenvalue weighted by atomic mass is 10.2. The van der Waals surface area contributed by atoms with Gasteiger partial charge in [0.15, 0.2) is 5.17 Å². The van der Waals surface area contributed by atoms with E-state index >= 15 is 0 Å². The second-order valence-corrected chi connectivity index (χ2v) is 9.45. The lowest BCUT2D eigenvalue weighted by Crippen LogP contribution is -2.23. The number of hydrogen-bond donors (Lipinski definition) is 0. The highest BCUT2D eigenvalue weighted by Gasteiger charge is 2.30. The molecule has 0 aromatic heterocycles. The fourth-order valence-corrected chi connectivity index (χ4v) is 4.63. The van der Waals surface area contributed by atoms with Crippen LogP contribution in [0.25, 0.3) is 6.08 Å². The Hall–Kier alpha value is -4.15. The van der Waals surface area contributed by atoms with E-state index in [0.717, 1.165) is 5.56 Å². The van der Waals surface area contributed by atoms with Crippen LogP contribution < -0.4 is 4.74 Å². The van der Waals surface area contributed by atoms with Gasteiger partial charge in [0.2, 0.25) is 0 Å². The molecule has 0 atom stereocenters. The predicted molar refractivity (Wildman–Crippen MR) is 147 cm³/mol. The summed E-state index contributed by atoms with van der Waals surface area (Å²) in [6.07, 6.45) is 1.72. The van der Waals surface area contributed by atoms with Crippen molar-refractivity contribution in [1.29, 1.82) is 0 Å². The second kappa shape index (κ2) is 11.9. The molecule has 0 aliphatic carbocycles. The van der Waals surface area contributed by atoms with Gasteiger partial charge in [0.1, 0.15) is 12.4 Å². The number of halogens is 1. The van der Waals surface area contributed by atoms with Gasteiger partial charge in [-0.25, -0.2) is 9.79 Å². The maximum Gasteiger partial charge on any atom is 0.338 e. The van der Waals surface area contributed by atoms with E-state index in [0.29, 0.717) is 44.3 Å². The number of thioether (sulfide) groups is 1. The minimum atomic E-state index is -0.459. The van der Waals surface area contributed by atoms with E-state index in [1.54, 1.807) is 74.6 Å². The number of hydrogen-bond acceptors (Lipinski definition) is 8. The molecule has 3 aromatic carbocycles. The summed E-state index contributed by atoms with van der Waals surface area (Å²) in [5.41, 5.74) is 2.50. The van der Waals surface area contributed by atoms with E-state index in [2.05, 4.69) is 4.99 Å². The van der Waals surface area contributed by atoms with Crippen LogP contribution in [0.4, 0.5) is 11.4 Å². The third kappa shape index (κ3) is 6.39. The quantitative estimate of drug-likeness (QED) is 0.141. The molecule has 0 unspecified atom stereocenters. The van der Waals surface area contributed by atoms with Gasteiger partial charge in [-0.2, -0.15) is 0 Å². The SMILES string of the molecule is CCOC(=O)c1ccc(N=C2SC(=Cc3ccc(OCc4ccc([N+](=O)[O-])cc4)c(Cl)c3)C(=O)N2C)cc1. The highest BCUT2D eigenvalue weighted by atomic mass is 35.5. The van der Waals surface area contributed by atoms with Gasteiger partial charge in [0.25, 0.3) is 11.6 Å². The molecule has 0 N–H and O–H groups in total. The number of nitro groups is 1. The normalized spacial score (nSPS) is 15.2. The molecule has 0 radical (unpaired) electrons. The third-order valence-corrected chi connectivity index (χ3v) is 6.76. The number of amides is 1. The zero-order valence-electron chi connectivity index (χ0n) is 20.4. The van der Waals surface area contributed by atoms with Crippen molar-refractivity contribution in [1.82, 2.24) is 4.90 Å². The Morgan fingerprint density at radius 1 is 1.13 bits per heavy atom. The number of nitrogens with zero attached hydrogens (tertiary/aromatic N) is 3. The van der Waals surface area contributed by atoms with E-state index in [1.807, 2.05) is 0 Å². The van der Waals surface area contributed by atoms with Crippen LogP contribution in [0.3, 0.4) is 0 Å². The highest BCUT2D eigenvalue weighted by Crippen LogP contribution is 2.34. The van der Waals surface area contributed by atoms with Crippen molar-refractivity contribution >= 4 is 57.9 Å². The average Bonchev–Trinajstić information content (AvgIpc) is 3.16. The number of non-ortho nitro benzene ring substituents is 1. The Kier molecular flexibility index (Phi) is 8.45. The number of amidine groups is 1. The van der Waals surface area contributed by atoms with Crippen molar-refractivity contribution in [2.45, 2.75) is 13.5 Å². The second-order valence-electron chi connectivity index (χ2n) is 8.04. The van der Waals surface area contributed by atoms with Gasteiger partial charge in [-0.1, -0.05) is 17.7 Å². The summed E-state index contributed by atoms with van der Waals surface area (Å²) in [6.45, 7) is 2.23. The van der Waals surface area contributed by atoms with Crippen molar-refractivity contribution < 1.29 is 24.0 Å². The number of rotatable bonds is 8. The lowest BCUT2D eigenvalue weighted by molar-refractivity contribution is -0.384. The molecule has 4 rings (SSSR count). The molecule has 1 fully saturated rings. The van der Waals surface area contributed by atoms with Crippen LogP contribution in [0.2, 0.25) is 5.02 Å². The van der Waals surface area contributed by atoms with Crippen LogP contribution in [0.15, 0.2) is 76.6 Å². The first-order valence-electron chi connectivity index (χ1n) is 11.4. The Labute approximate surface area is 227 Å². The summed E-state index contributed by atoms with van der Waals surface area (Å²) >= 11 is 7.63. The monoisotopic (exact) mass is 551 g/mol. The topological polar surface area (TPSA) is 111 Å². The van der Waals surface area contributed by atoms with E-state index in [-0.39, 0.29) is 18.2 Å². The largest absolute Gasteiger partial charge is 0.487 e. The first kappa shape index (κ1) is 26.9. The Bertz CT molecular complexity index is 1440. The van der Waals surface area contributed by atoms with Crippen LogP contribution in [0.1, 0.15) is 28.4 Å². The molecular weight excluding hydrogens is 530 g/mol. The number of aliphatic imine (C=N–C) groups is 1. The van der Waals surface area contributed by atoms with Crippen molar-refractivity contribution in [3.8, 4) is 5.75 Å². The van der Waals surface area contributed by atoms with Crippen molar-refractivity contribution in [2.24, 2.45) is 4.99 Å². The summed E-state index contributed by atoms with van der Waals surface area (Å²) in [5, 5.41) is 11.6. The smallest absolute Gasteiger partial charge is 0.338 e. The van der Waals surface area contributed by atoms with Crippen molar-refractivity contribution in [2.75, 3.05) is 13.7 Å². The van der Waals surface area contributed by atoms with Crippen LogP contribution in [-0.2, 0) is 16.1 Å². The van der Waals surface area contributed by atoms with Crippen LogP contribution in [0.5, 0.6) is 5.75 Å². The number of nitro benzene ring substituents is 1. The zero-order valence-corrected chi connectivity index (χ0v) is 22.0. The molecule has 11 heteroatoms. The fourth-order valence-electron chi connectivity index (χ4n) is 3.40. The maximum absolute atomic E-state index is 12.8. The number of carbonyl (C=O) groups is 2. The molecule has 1 aliphatic rings. The Morgan fingerprint density at radius 3 is 2.47 bits per heavy atom. The molecule has 0 spiro atoms. The Morgan fingerprint density at radius 2 is 1.84 bits per heavy atom. The minimum absolute atomic E-state index is 0.00857. The van der Waals surface area contributed by atoms with Gasteiger partial charge in [0, 0.05) is 19.2 Å². The van der Waals surface area contributed by atoms with Gasteiger partial charge in [0.05, 0.1) is 32.7 Å². The molecular formula is C27H22ClN3O6S. The van der Waals surface area contributed by atoms with Crippen LogP contribution in [0, 0.1) is 10.1 Å². The van der Waals surface area contributed by atoms with Gasteiger partial charge >= 0.3 is 5.97 Å². The molecule has 0 saturated carbocycles. The van der Waals surface area contributed by atoms with Crippen molar-refractivity contribution in [3.05, 3.63) is 103 Å². The molecule has 9 nitrogen and oxygen atoms in total. The Balaban J connectivity index is 1.43. The van der Waals surface area contributed by atoms with E-state index < -0.39 is 10.9 Å². The molecule has 0 bridgehead atoms. The standard InChI is InChI=1S/C27H22ClN3O6S/c1-3-36-26(33)19-7-9-20(10-8-19)29-27-30(2)25(32)24(38-27)15-18-6-13-23(22(28)14-18)37-16-17-4-11-21(12-5-17)31(34)35/h4-15H,3,16H2,1-2H3. The fraction of sp³-hybridized carbons (Fsp3) is 0.148. The molecule has 1 heterocycles. The molecule has 1 aliphatic heterocycles. The van der Waals surface area contributed by atoms with Gasteiger partial charge in [-0.3, -0.25) is 19.8 Å². The lowest BCUT2D eigenvalue weighted by Gasteiger charge is -2.09. The summed E-state index contributed by atoms with van der Waals surface area (Å²) in [5.74, 6) is -0.157. The number of carbonyl (C=O) groups excluding carboxylic acids is 2. The van der Waals surface area contributed by atoms with E-state index in [4.69, 9.17) is 21.1 Å². The van der Waals surface area contributed by atoms with Crippen molar-refractivity contribution in [3.63, 3.8) is 0 Å². The average molecular weight is 552 g/mol. The van der Waals surface area contributed by atoms with E-state index in [9.17, 15) is 19.7 Å². The highest BCUT2D eigenvalue weighted by molar-refractivity contribution is 8.18. The van der Waals surface area contributed by atoms with Gasteiger partial charge in [-0.05, 0) is 84.4 Å². The summed E-state index contributed by atoms with van der Waals surface area (Å²) < 4.78 is 10.7. The van der Waals surface area contributed by atoms with E-state index in [1.165, 1.54) is 28.8 Å². The first-order chi connectivity index (χ1) is 18.2. The molecule has 1 amide bonds. The van der Waals surface area contributed by atoms with Gasteiger partial charge in [-0.15, -0.1) is 0 Å². The molecule has 38 heavy (non-hydrogen) atoms. The van der Waals surface area contributed by atoms with Gasteiger partial charge < -0.3 is 9.47 Å². The number of likely N-dealkylation sites (N-methyl/N-ethyl adjacent to an activating group) is 1. The third-order valence-electron chi connectivity index (χ3n) is 5.40. The summed E-state index contributed by atoms with van der Waals surface area (Å²) in [7, 11) is 1.64. The minimum Gasteiger partial charge on any atom is -0.487 e. The summed E-state index contributed by atoms with van der Waals surface area (Å²) in [6, 6.07) is 17.9. The maximum atomic E-state index is 12.8. The summed E-state index contributed by atoms with van der Waals surface area (Å²) in [4.78, 5) is 41.4. The first-order valence-corrected chi connectivity index (χ1v) is 12.6. The predicted octanol–water partition coefficient (Wildman–Crippen LogP) is 6.24. The molecule has 194 valence electrons. The number of esters is 1. The number of benzene rings is 3. The van der Waals surface area contributed by atoms with Crippen LogP contribution in [-0.4, -0.2) is 40.5 Å². The van der Waals surface area contributed by atoms with Crippen LogP contribution >= 0.6 is 23.4 Å².